The first-order chi connectivity index (χ1) is 11.2. The highest BCUT2D eigenvalue weighted by atomic mass is 32.2. The average Bonchev–Trinajstić information content (AvgIpc) is 3.09. The second kappa shape index (κ2) is 7.97. The molecule has 1 aromatic carbocycles. The number of aromatic nitrogens is 1. The Morgan fingerprint density at radius 2 is 2.00 bits per heavy atom. The Balaban J connectivity index is 1.54. The van der Waals surface area contributed by atoms with Gasteiger partial charge in [0.2, 0.25) is 5.91 Å². The molecule has 3 nitrogen and oxygen atoms in total. The molecular weight excluding hydrogens is 324 g/mol. The summed E-state index contributed by atoms with van der Waals surface area (Å²) < 4.78 is 0.967. The highest BCUT2D eigenvalue weighted by Crippen LogP contribution is 2.29. The van der Waals surface area contributed by atoms with Crippen LogP contribution in [-0.4, -0.2) is 34.6 Å². The van der Waals surface area contributed by atoms with Crippen LogP contribution in [0.25, 0.3) is 11.3 Å². The van der Waals surface area contributed by atoms with Crippen molar-refractivity contribution in [2.24, 2.45) is 0 Å². The van der Waals surface area contributed by atoms with Gasteiger partial charge in [0, 0.05) is 24.0 Å². The van der Waals surface area contributed by atoms with Crippen LogP contribution in [0.2, 0.25) is 0 Å². The monoisotopic (exact) mass is 346 g/mol. The van der Waals surface area contributed by atoms with E-state index in [4.69, 9.17) is 0 Å². The molecule has 0 atom stereocenters. The Labute approximate surface area is 146 Å². The molecule has 1 aliphatic carbocycles. The van der Waals surface area contributed by atoms with E-state index in [0.717, 1.165) is 28.4 Å². The zero-order chi connectivity index (χ0) is 16.1. The van der Waals surface area contributed by atoms with E-state index in [2.05, 4.69) is 22.5 Å². The minimum atomic E-state index is 0.221. The lowest BCUT2D eigenvalue weighted by Gasteiger charge is -2.31. The van der Waals surface area contributed by atoms with Crippen LogP contribution >= 0.6 is 23.1 Å². The van der Waals surface area contributed by atoms with E-state index < -0.39 is 0 Å². The van der Waals surface area contributed by atoms with Gasteiger partial charge in [-0.15, -0.1) is 11.3 Å². The van der Waals surface area contributed by atoms with Crippen molar-refractivity contribution in [1.82, 2.24) is 9.88 Å². The number of rotatable bonds is 5. The number of hydrogen-bond donors (Lipinski definition) is 0. The van der Waals surface area contributed by atoms with Crippen LogP contribution in [0.1, 0.15) is 32.1 Å². The number of nitrogens with zero attached hydrogens (tertiary/aromatic N) is 2. The topological polar surface area (TPSA) is 33.2 Å². The van der Waals surface area contributed by atoms with Gasteiger partial charge in [0.05, 0.1) is 11.4 Å². The molecule has 122 valence electrons. The second-order valence-corrected chi connectivity index (χ2v) is 8.03. The number of benzene rings is 1. The maximum Gasteiger partial charge on any atom is 0.233 e. The van der Waals surface area contributed by atoms with Gasteiger partial charge in [0.15, 0.2) is 4.34 Å². The SMILES string of the molecule is CN(C(=O)CSc1nc(-c2ccccc2)cs1)C1CCCCC1. The van der Waals surface area contributed by atoms with Crippen molar-refractivity contribution in [1.29, 1.82) is 0 Å². The highest BCUT2D eigenvalue weighted by Gasteiger charge is 2.22. The van der Waals surface area contributed by atoms with E-state index in [0.29, 0.717) is 11.8 Å². The van der Waals surface area contributed by atoms with Gasteiger partial charge in [0.1, 0.15) is 0 Å². The predicted octanol–water partition coefficient (Wildman–Crippen LogP) is 4.69. The highest BCUT2D eigenvalue weighted by molar-refractivity contribution is 8.01. The van der Waals surface area contributed by atoms with Gasteiger partial charge in [-0.1, -0.05) is 61.4 Å². The fourth-order valence-electron chi connectivity index (χ4n) is 2.96. The van der Waals surface area contributed by atoms with Crippen molar-refractivity contribution < 1.29 is 4.79 Å². The van der Waals surface area contributed by atoms with Crippen molar-refractivity contribution in [3.8, 4) is 11.3 Å². The first-order valence-corrected chi connectivity index (χ1v) is 10.00. The maximum absolute atomic E-state index is 12.4. The molecule has 1 saturated carbocycles. The van der Waals surface area contributed by atoms with Crippen LogP contribution in [0.15, 0.2) is 40.1 Å². The van der Waals surface area contributed by atoms with Crippen LogP contribution in [0, 0.1) is 0 Å². The van der Waals surface area contributed by atoms with Crippen molar-refractivity contribution in [3.63, 3.8) is 0 Å². The predicted molar refractivity (Wildman–Crippen MR) is 97.9 cm³/mol. The van der Waals surface area contributed by atoms with E-state index in [1.54, 1.807) is 23.1 Å². The Morgan fingerprint density at radius 3 is 2.74 bits per heavy atom. The molecule has 5 heteroatoms. The summed E-state index contributed by atoms with van der Waals surface area (Å²) in [5.41, 5.74) is 2.12. The van der Waals surface area contributed by atoms with Gasteiger partial charge < -0.3 is 4.90 Å². The number of amides is 1. The fraction of sp³-hybridized carbons (Fsp3) is 0.444. The molecule has 0 N–H and O–H groups in total. The molecule has 0 saturated heterocycles. The molecule has 23 heavy (non-hydrogen) atoms. The van der Waals surface area contributed by atoms with Crippen molar-refractivity contribution >= 4 is 29.0 Å². The lowest BCUT2D eigenvalue weighted by molar-refractivity contribution is -0.129. The van der Waals surface area contributed by atoms with Gasteiger partial charge in [-0.2, -0.15) is 0 Å². The summed E-state index contributed by atoms with van der Waals surface area (Å²) in [6.45, 7) is 0. The molecule has 2 aromatic rings. The molecule has 1 aromatic heterocycles. The smallest absolute Gasteiger partial charge is 0.233 e. The zero-order valence-corrected chi connectivity index (χ0v) is 15.0. The number of thioether (sulfide) groups is 1. The molecule has 3 rings (SSSR count). The van der Waals surface area contributed by atoms with Crippen molar-refractivity contribution in [2.45, 2.75) is 42.5 Å². The fourth-order valence-corrected chi connectivity index (χ4v) is 4.72. The van der Waals surface area contributed by atoms with E-state index in [-0.39, 0.29) is 5.91 Å². The molecule has 0 bridgehead atoms. The maximum atomic E-state index is 12.4. The Bertz CT molecular complexity index is 635. The Kier molecular flexibility index (Phi) is 5.73. The van der Waals surface area contributed by atoms with Gasteiger partial charge in [-0.05, 0) is 12.8 Å². The number of carbonyl (C=O) groups excluding carboxylic acids is 1. The average molecular weight is 347 g/mol. The van der Waals surface area contributed by atoms with Gasteiger partial charge in [0.25, 0.3) is 0 Å². The molecule has 1 amide bonds. The summed E-state index contributed by atoms with van der Waals surface area (Å²) in [4.78, 5) is 19.0. The van der Waals surface area contributed by atoms with E-state index >= 15 is 0 Å². The van der Waals surface area contributed by atoms with Gasteiger partial charge in [-0.25, -0.2) is 4.98 Å². The minimum Gasteiger partial charge on any atom is -0.342 e. The molecular formula is C18H22N2OS2. The van der Waals surface area contributed by atoms with Gasteiger partial charge >= 0.3 is 0 Å². The molecule has 0 unspecified atom stereocenters. The minimum absolute atomic E-state index is 0.221. The first-order valence-electron chi connectivity index (χ1n) is 8.13. The summed E-state index contributed by atoms with van der Waals surface area (Å²) >= 11 is 3.17. The van der Waals surface area contributed by atoms with E-state index in [9.17, 15) is 4.79 Å². The van der Waals surface area contributed by atoms with E-state index in [1.807, 2.05) is 30.1 Å². The molecule has 1 fully saturated rings. The quantitative estimate of drug-likeness (QED) is 0.736. The summed E-state index contributed by atoms with van der Waals surface area (Å²) in [5.74, 6) is 0.702. The van der Waals surface area contributed by atoms with Crippen LogP contribution in [0.5, 0.6) is 0 Å². The summed E-state index contributed by atoms with van der Waals surface area (Å²) in [6.07, 6.45) is 6.13. The van der Waals surface area contributed by atoms with Crippen LogP contribution in [0.4, 0.5) is 0 Å². The number of thiazole rings is 1. The molecule has 0 radical (unpaired) electrons. The molecule has 1 heterocycles. The third-order valence-corrected chi connectivity index (χ3v) is 6.39. The first kappa shape index (κ1) is 16.5. The second-order valence-electron chi connectivity index (χ2n) is 5.95. The zero-order valence-electron chi connectivity index (χ0n) is 13.4. The van der Waals surface area contributed by atoms with Gasteiger partial charge in [-0.3, -0.25) is 4.79 Å². The summed E-state index contributed by atoms with van der Waals surface area (Å²) in [7, 11) is 1.95. The Hall–Kier alpha value is -1.33. The molecule has 0 aliphatic heterocycles. The van der Waals surface area contributed by atoms with Crippen LogP contribution in [0.3, 0.4) is 0 Å². The third-order valence-electron chi connectivity index (χ3n) is 4.39. The third kappa shape index (κ3) is 4.36. The molecule has 0 spiro atoms. The molecule has 1 aliphatic rings. The number of carbonyl (C=O) groups is 1. The summed E-state index contributed by atoms with van der Waals surface area (Å²) in [5, 5.41) is 2.06. The Morgan fingerprint density at radius 1 is 1.26 bits per heavy atom. The van der Waals surface area contributed by atoms with Crippen molar-refractivity contribution in [2.75, 3.05) is 12.8 Å². The lowest BCUT2D eigenvalue weighted by atomic mass is 9.94. The lowest BCUT2D eigenvalue weighted by Crippen LogP contribution is -2.39. The van der Waals surface area contributed by atoms with E-state index in [1.165, 1.54) is 19.3 Å². The number of hydrogen-bond acceptors (Lipinski definition) is 4. The summed E-state index contributed by atoms with van der Waals surface area (Å²) in [6, 6.07) is 10.6. The normalized spacial score (nSPS) is 15.5. The standard InChI is InChI=1S/C18H22N2OS2/c1-20(15-10-6-3-7-11-15)17(21)13-23-18-19-16(12-22-18)14-8-4-2-5-9-14/h2,4-5,8-9,12,15H,3,6-7,10-11,13H2,1H3. The largest absolute Gasteiger partial charge is 0.342 e. The van der Waals surface area contributed by atoms with Crippen LogP contribution < -0.4 is 0 Å². The van der Waals surface area contributed by atoms with Crippen LogP contribution in [-0.2, 0) is 4.79 Å². The van der Waals surface area contributed by atoms with Crippen molar-refractivity contribution in [3.05, 3.63) is 35.7 Å².